The zero-order valence-electron chi connectivity index (χ0n) is 11.4. The molecule has 6 heteroatoms. The fourth-order valence-corrected chi connectivity index (χ4v) is 2.50. The van der Waals surface area contributed by atoms with Crippen LogP contribution in [0.4, 0.5) is 0 Å². The quantitative estimate of drug-likeness (QED) is 0.775. The van der Waals surface area contributed by atoms with Crippen molar-refractivity contribution in [3.05, 3.63) is 35.9 Å². The van der Waals surface area contributed by atoms with Crippen LogP contribution in [0.2, 0.25) is 0 Å². The minimum Gasteiger partial charge on any atom is -0.458 e. The minimum atomic E-state index is -0.520. The molecule has 3 rings (SSSR count). The molecule has 0 N–H and O–H groups in total. The Hall–Kier alpha value is -1.92. The number of carbonyl (C=O) groups is 2. The standard InChI is InChI=1S/C15H16O6/c16-13-8-11(15-18-6-7-19-15)12(21-13)9-20-14(17)10-4-2-1-3-5-10/h1-5,11-12,15H,6-9H2/t11-,12+/m0/s1. The molecule has 0 spiro atoms. The van der Waals surface area contributed by atoms with Crippen LogP contribution in [-0.2, 0) is 23.7 Å². The Morgan fingerprint density at radius 1 is 1.19 bits per heavy atom. The summed E-state index contributed by atoms with van der Waals surface area (Å²) in [6.45, 7) is 1.02. The lowest BCUT2D eigenvalue weighted by Gasteiger charge is -2.21. The van der Waals surface area contributed by atoms with Crippen LogP contribution in [0.3, 0.4) is 0 Å². The molecule has 2 atom stereocenters. The first kappa shape index (κ1) is 14.0. The molecule has 0 aliphatic carbocycles. The molecule has 0 unspecified atom stereocenters. The number of cyclic esters (lactones) is 1. The Kier molecular flexibility index (Phi) is 4.17. The van der Waals surface area contributed by atoms with Crippen molar-refractivity contribution in [1.29, 1.82) is 0 Å². The molecular weight excluding hydrogens is 276 g/mol. The highest BCUT2D eigenvalue weighted by atomic mass is 16.7. The van der Waals surface area contributed by atoms with Crippen molar-refractivity contribution in [2.45, 2.75) is 18.8 Å². The highest BCUT2D eigenvalue weighted by Crippen LogP contribution is 2.30. The summed E-state index contributed by atoms with van der Waals surface area (Å²) < 4.78 is 21.2. The molecule has 6 nitrogen and oxygen atoms in total. The van der Waals surface area contributed by atoms with E-state index in [0.29, 0.717) is 18.8 Å². The molecule has 0 bridgehead atoms. The first-order chi connectivity index (χ1) is 10.2. The molecule has 2 aliphatic rings. The summed E-state index contributed by atoms with van der Waals surface area (Å²) in [5.74, 6) is -0.992. The van der Waals surface area contributed by atoms with Crippen LogP contribution in [0.15, 0.2) is 30.3 Å². The van der Waals surface area contributed by atoms with E-state index in [2.05, 4.69) is 0 Å². The molecular formula is C15H16O6. The highest BCUT2D eigenvalue weighted by molar-refractivity contribution is 5.89. The summed E-state index contributed by atoms with van der Waals surface area (Å²) in [6, 6.07) is 8.68. The van der Waals surface area contributed by atoms with E-state index in [1.165, 1.54) is 0 Å². The van der Waals surface area contributed by atoms with Gasteiger partial charge in [0.2, 0.25) is 0 Å². The zero-order chi connectivity index (χ0) is 14.7. The minimum absolute atomic E-state index is 0.00730. The number of hydrogen-bond acceptors (Lipinski definition) is 6. The van der Waals surface area contributed by atoms with Gasteiger partial charge in [-0.3, -0.25) is 4.79 Å². The molecule has 2 saturated heterocycles. The average Bonchev–Trinajstić information content (AvgIpc) is 3.14. The molecule has 21 heavy (non-hydrogen) atoms. The zero-order valence-corrected chi connectivity index (χ0v) is 11.4. The maximum absolute atomic E-state index is 11.9. The number of carbonyl (C=O) groups excluding carboxylic acids is 2. The van der Waals surface area contributed by atoms with Crippen molar-refractivity contribution in [1.82, 2.24) is 0 Å². The normalized spacial score (nSPS) is 25.8. The van der Waals surface area contributed by atoms with E-state index in [4.69, 9.17) is 18.9 Å². The van der Waals surface area contributed by atoms with Gasteiger partial charge in [0.1, 0.15) is 12.7 Å². The van der Waals surface area contributed by atoms with Gasteiger partial charge in [-0.15, -0.1) is 0 Å². The van der Waals surface area contributed by atoms with E-state index in [9.17, 15) is 9.59 Å². The van der Waals surface area contributed by atoms with Gasteiger partial charge in [0.05, 0.1) is 31.1 Å². The summed E-state index contributed by atoms with van der Waals surface area (Å²) in [5.41, 5.74) is 0.465. The second kappa shape index (κ2) is 6.24. The maximum atomic E-state index is 11.9. The van der Waals surface area contributed by atoms with Gasteiger partial charge in [0.25, 0.3) is 0 Å². The van der Waals surface area contributed by atoms with E-state index in [-0.39, 0.29) is 24.9 Å². The lowest BCUT2D eigenvalue weighted by atomic mass is 10.0. The third-order valence-corrected chi connectivity index (χ3v) is 3.55. The molecule has 0 amide bonds. The summed E-state index contributed by atoms with van der Waals surface area (Å²) in [7, 11) is 0. The molecule has 0 aromatic heterocycles. The van der Waals surface area contributed by atoms with E-state index in [0.717, 1.165) is 0 Å². The smallest absolute Gasteiger partial charge is 0.338 e. The van der Waals surface area contributed by atoms with Crippen LogP contribution >= 0.6 is 0 Å². The van der Waals surface area contributed by atoms with Crippen molar-refractivity contribution < 1.29 is 28.5 Å². The Morgan fingerprint density at radius 2 is 1.90 bits per heavy atom. The van der Waals surface area contributed by atoms with Crippen LogP contribution in [0, 0.1) is 5.92 Å². The van der Waals surface area contributed by atoms with E-state index < -0.39 is 18.4 Å². The monoisotopic (exact) mass is 292 g/mol. The second-order valence-corrected chi connectivity index (χ2v) is 4.97. The fraction of sp³-hybridized carbons (Fsp3) is 0.467. The van der Waals surface area contributed by atoms with Gasteiger partial charge >= 0.3 is 11.9 Å². The molecule has 1 aromatic carbocycles. The predicted octanol–water partition coefficient (Wildman–Crippen LogP) is 1.15. The third-order valence-electron chi connectivity index (χ3n) is 3.55. The van der Waals surface area contributed by atoms with Crippen molar-refractivity contribution in [2.75, 3.05) is 19.8 Å². The number of benzene rings is 1. The molecule has 0 saturated carbocycles. The second-order valence-electron chi connectivity index (χ2n) is 4.97. The van der Waals surface area contributed by atoms with Gasteiger partial charge in [-0.1, -0.05) is 18.2 Å². The van der Waals surface area contributed by atoms with Gasteiger partial charge in [0, 0.05) is 0 Å². The predicted molar refractivity (Wildman–Crippen MR) is 70.4 cm³/mol. The van der Waals surface area contributed by atoms with Crippen LogP contribution < -0.4 is 0 Å². The highest BCUT2D eigenvalue weighted by Gasteiger charge is 2.43. The van der Waals surface area contributed by atoms with Crippen LogP contribution in [0.25, 0.3) is 0 Å². The Morgan fingerprint density at radius 3 is 2.62 bits per heavy atom. The van der Waals surface area contributed by atoms with Crippen molar-refractivity contribution >= 4 is 11.9 Å². The van der Waals surface area contributed by atoms with Crippen molar-refractivity contribution in [3.63, 3.8) is 0 Å². The number of hydrogen-bond donors (Lipinski definition) is 0. The van der Waals surface area contributed by atoms with Crippen molar-refractivity contribution in [2.24, 2.45) is 5.92 Å². The lowest BCUT2D eigenvalue weighted by Crippen LogP contribution is -2.33. The molecule has 0 radical (unpaired) electrons. The number of esters is 2. The Bertz CT molecular complexity index is 508. The summed E-state index contributed by atoms with van der Waals surface area (Å²) in [6.07, 6.45) is -0.761. The Balaban J connectivity index is 1.58. The van der Waals surface area contributed by atoms with Gasteiger partial charge < -0.3 is 18.9 Å². The van der Waals surface area contributed by atoms with Gasteiger partial charge in [-0.05, 0) is 12.1 Å². The van der Waals surface area contributed by atoms with Crippen molar-refractivity contribution in [3.8, 4) is 0 Å². The largest absolute Gasteiger partial charge is 0.458 e. The third kappa shape index (κ3) is 3.22. The van der Waals surface area contributed by atoms with Gasteiger partial charge in [-0.2, -0.15) is 0 Å². The van der Waals surface area contributed by atoms with Gasteiger partial charge in [0.15, 0.2) is 6.29 Å². The van der Waals surface area contributed by atoms with Gasteiger partial charge in [-0.25, -0.2) is 4.79 Å². The number of ether oxygens (including phenoxy) is 4. The Labute approximate surface area is 121 Å². The summed E-state index contributed by atoms with van der Waals surface area (Å²) >= 11 is 0. The fourth-order valence-electron chi connectivity index (χ4n) is 2.50. The molecule has 2 fully saturated rings. The van der Waals surface area contributed by atoms with Crippen LogP contribution in [-0.4, -0.2) is 44.2 Å². The van der Waals surface area contributed by atoms with Crippen LogP contribution in [0.5, 0.6) is 0 Å². The lowest BCUT2D eigenvalue weighted by molar-refractivity contribution is -0.144. The average molecular weight is 292 g/mol. The number of rotatable bonds is 4. The maximum Gasteiger partial charge on any atom is 0.338 e. The van der Waals surface area contributed by atoms with E-state index in [1.807, 2.05) is 6.07 Å². The van der Waals surface area contributed by atoms with E-state index >= 15 is 0 Å². The van der Waals surface area contributed by atoms with Crippen LogP contribution in [0.1, 0.15) is 16.8 Å². The first-order valence-corrected chi connectivity index (χ1v) is 6.89. The summed E-state index contributed by atoms with van der Waals surface area (Å²) in [4.78, 5) is 23.3. The molecule has 1 aromatic rings. The molecule has 2 aliphatic heterocycles. The van der Waals surface area contributed by atoms with E-state index in [1.54, 1.807) is 24.3 Å². The molecule has 2 heterocycles. The molecule has 112 valence electrons. The SMILES string of the molecule is O=C1C[C@H](C2OCCO2)[C@@H](COC(=O)c2ccccc2)O1. The first-order valence-electron chi connectivity index (χ1n) is 6.89. The topological polar surface area (TPSA) is 71.1 Å². The summed E-state index contributed by atoms with van der Waals surface area (Å²) in [5, 5.41) is 0.